The Kier molecular flexibility index (Phi) is 3.12. The van der Waals surface area contributed by atoms with Gasteiger partial charge in [0.1, 0.15) is 5.69 Å². The predicted octanol–water partition coefficient (Wildman–Crippen LogP) is 1.01. The predicted molar refractivity (Wildman–Crippen MR) is 72.5 cm³/mol. The van der Waals surface area contributed by atoms with E-state index in [1.807, 2.05) is 6.07 Å². The monoisotopic (exact) mass is 268 g/mol. The number of anilines is 1. The molecule has 0 saturated carbocycles. The minimum Gasteiger partial charge on any atom is -0.352 e. The van der Waals surface area contributed by atoms with Gasteiger partial charge in [0, 0.05) is 30.2 Å². The zero-order valence-electron chi connectivity index (χ0n) is 10.6. The van der Waals surface area contributed by atoms with Crippen LogP contribution < -0.4 is 10.6 Å². The second-order valence-electron chi connectivity index (χ2n) is 4.42. The van der Waals surface area contributed by atoms with E-state index in [9.17, 15) is 9.59 Å². The Hall–Kier alpha value is -2.76. The van der Waals surface area contributed by atoms with Gasteiger partial charge in [-0.1, -0.05) is 6.07 Å². The lowest BCUT2D eigenvalue weighted by molar-refractivity contribution is 0.0944. The third-order valence-corrected chi connectivity index (χ3v) is 3.09. The van der Waals surface area contributed by atoms with Crippen LogP contribution in [0, 0.1) is 0 Å². The highest BCUT2D eigenvalue weighted by Crippen LogP contribution is 2.19. The Labute approximate surface area is 115 Å². The first kappa shape index (κ1) is 12.3. The summed E-state index contributed by atoms with van der Waals surface area (Å²) >= 11 is 0. The van der Waals surface area contributed by atoms with Crippen molar-refractivity contribution in [2.24, 2.45) is 0 Å². The summed E-state index contributed by atoms with van der Waals surface area (Å²) < 4.78 is 0. The zero-order valence-corrected chi connectivity index (χ0v) is 10.6. The molecule has 100 valence electrons. The van der Waals surface area contributed by atoms with Crippen LogP contribution in [0.5, 0.6) is 0 Å². The van der Waals surface area contributed by atoms with Crippen LogP contribution in [0.1, 0.15) is 26.4 Å². The molecule has 20 heavy (non-hydrogen) atoms. The Morgan fingerprint density at radius 2 is 2.20 bits per heavy atom. The minimum absolute atomic E-state index is 0.109. The number of benzene rings is 1. The molecule has 6 nitrogen and oxygen atoms in total. The van der Waals surface area contributed by atoms with E-state index >= 15 is 0 Å². The summed E-state index contributed by atoms with van der Waals surface area (Å²) in [5, 5.41) is 5.48. The van der Waals surface area contributed by atoms with Crippen LogP contribution in [-0.4, -0.2) is 28.3 Å². The second-order valence-corrected chi connectivity index (χ2v) is 4.42. The van der Waals surface area contributed by atoms with Gasteiger partial charge >= 0.3 is 0 Å². The molecule has 1 aliphatic heterocycles. The molecule has 0 spiro atoms. The molecular formula is C14H12N4O2. The molecule has 0 aliphatic carbocycles. The number of nitrogens with zero attached hydrogens (tertiary/aromatic N) is 2. The van der Waals surface area contributed by atoms with E-state index in [1.54, 1.807) is 12.1 Å². The van der Waals surface area contributed by atoms with Gasteiger partial charge in [-0.15, -0.1) is 0 Å². The maximum Gasteiger partial charge on any atom is 0.275 e. The Bertz CT molecular complexity index is 670. The number of nitrogens with one attached hydrogen (secondary N) is 2. The van der Waals surface area contributed by atoms with Gasteiger partial charge in [-0.2, -0.15) is 0 Å². The van der Waals surface area contributed by atoms with Crippen molar-refractivity contribution >= 4 is 17.5 Å². The van der Waals surface area contributed by atoms with Crippen molar-refractivity contribution in [3.8, 4) is 0 Å². The number of amides is 2. The summed E-state index contributed by atoms with van der Waals surface area (Å²) in [6.07, 6.45) is 5.15. The lowest BCUT2D eigenvalue weighted by atomic mass is 10.00. The summed E-state index contributed by atoms with van der Waals surface area (Å²) in [6.45, 7) is 0.650. The van der Waals surface area contributed by atoms with Gasteiger partial charge in [-0.3, -0.25) is 14.6 Å². The highest BCUT2D eigenvalue weighted by atomic mass is 16.2. The van der Waals surface area contributed by atoms with E-state index in [2.05, 4.69) is 20.6 Å². The van der Waals surface area contributed by atoms with Gasteiger partial charge in [-0.25, -0.2) is 4.98 Å². The van der Waals surface area contributed by atoms with Crippen LogP contribution in [0.25, 0.3) is 0 Å². The van der Waals surface area contributed by atoms with E-state index in [1.165, 1.54) is 18.6 Å². The number of carbonyl (C=O) groups is 2. The molecule has 6 heteroatoms. The molecule has 2 aromatic rings. The van der Waals surface area contributed by atoms with Crippen LogP contribution >= 0.6 is 0 Å². The molecular weight excluding hydrogens is 256 g/mol. The van der Waals surface area contributed by atoms with Crippen LogP contribution in [0.2, 0.25) is 0 Å². The van der Waals surface area contributed by atoms with Gasteiger partial charge in [0.25, 0.3) is 11.8 Å². The number of hydrogen-bond acceptors (Lipinski definition) is 4. The van der Waals surface area contributed by atoms with Gasteiger partial charge in [0.2, 0.25) is 0 Å². The van der Waals surface area contributed by atoms with Crippen molar-refractivity contribution in [3.63, 3.8) is 0 Å². The minimum atomic E-state index is -0.353. The van der Waals surface area contributed by atoms with E-state index in [4.69, 9.17) is 0 Å². The fourth-order valence-electron chi connectivity index (χ4n) is 2.10. The summed E-state index contributed by atoms with van der Waals surface area (Å²) in [4.78, 5) is 31.5. The molecule has 0 saturated heterocycles. The molecule has 2 heterocycles. The third kappa shape index (κ3) is 2.35. The van der Waals surface area contributed by atoms with Gasteiger partial charge < -0.3 is 10.6 Å². The smallest absolute Gasteiger partial charge is 0.275 e. The molecule has 1 aliphatic rings. The fraction of sp³-hybridized carbons (Fsp3) is 0.143. The average molecular weight is 268 g/mol. The Morgan fingerprint density at radius 3 is 3.00 bits per heavy atom. The SMILES string of the molecule is O=C(Nc1ccc2c(c1)C(=O)NCC2)c1cnccn1. The lowest BCUT2D eigenvalue weighted by Crippen LogP contribution is -2.31. The van der Waals surface area contributed by atoms with E-state index in [0.29, 0.717) is 17.8 Å². The molecule has 0 atom stereocenters. The fourth-order valence-corrected chi connectivity index (χ4v) is 2.10. The third-order valence-electron chi connectivity index (χ3n) is 3.09. The van der Waals surface area contributed by atoms with Crippen molar-refractivity contribution in [2.75, 3.05) is 11.9 Å². The van der Waals surface area contributed by atoms with Crippen LogP contribution in [0.4, 0.5) is 5.69 Å². The summed E-state index contributed by atoms with van der Waals surface area (Å²) in [5.41, 5.74) is 2.39. The molecule has 0 radical (unpaired) electrons. The number of rotatable bonds is 2. The topological polar surface area (TPSA) is 84.0 Å². The van der Waals surface area contributed by atoms with Gasteiger partial charge in [0.15, 0.2) is 0 Å². The highest BCUT2D eigenvalue weighted by Gasteiger charge is 2.17. The standard InChI is InChI=1S/C14H12N4O2/c19-13-11-7-10(2-1-9(11)3-4-17-13)18-14(20)12-8-15-5-6-16-12/h1-2,5-8H,3-4H2,(H,17,19)(H,18,20). The van der Waals surface area contributed by atoms with Crippen molar-refractivity contribution in [1.29, 1.82) is 0 Å². The first-order valence-electron chi connectivity index (χ1n) is 6.22. The molecule has 1 aromatic heterocycles. The lowest BCUT2D eigenvalue weighted by Gasteiger charge is -2.17. The normalized spacial score (nSPS) is 13.3. The number of aromatic nitrogens is 2. The van der Waals surface area contributed by atoms with Crippen molar-refractivity contribution in [1.82, 2.24) is 15.3 Å². The summed E-state index contributed by atoms with van der Waals surface area (Å²) in [7, 11) is 0. The van der Waals surface area contributed by atoms with Gasteiger partial charge in [0.05, 0.1) is 6.20 Å². The summed E-state index contributed by atoms with van der Waals surface area (Å²) in [5.74, 6) is -0.462. The first-order valence-corrected chi connectivity index (χ1v) is 6.22. The molecule has 0 bridgehead atoms. The Morgan fingerprint density at radius 1 is 1.30 bits per heavy atom. The molecule has 1 aromatic carbocycles. The second kappa shape index (κ2) is 5.08. The number of carbonyl (C=O) groups excluding carboxylic acids is 2. The van der Waals surface area contributed by atoms with E-state index in [-0.39, 0.29) is 17.5 Å². The van der Waals surface area contributed by atoms with Crippen LogP contribution in [0.3, 0.4) is 0 Å². The maximum atomic E-state index is 11.9. The average Bonchev–Trinajstić information content (AvgIpc) is 2.49. The van der Waals surface area contributed by atoms with Gasteiger partial charge in [-0.05, 0) is 24.1 Å². The number of hydrogen-bond donors (Lipinski definition) is 2. The molecule has 2 amide bonds. The first-order chi connectivity index (χ1) is 9.74. The number of fused-ring (bicyclic) bond motifs is 1. The zero-order chi connectivity index (χ0) is 13.9. The molecule has 0 fully saturated rings. The van der Waals surface area contributed by atoms with Crippen LogP contribution in [0.15, 0.2) is 36.8 Å². The molecule has 3 rings (SSSR count). The largest absolute Gasteiger partial charge is 0.352 e. The molecule has 0 unspecified atom stereocenters. The Balaban J connectivity index is 1.83. The maximum absolute atomic E-state index is 11.9. The molecule has 2 N–H and O–H groups in total. The van der Waals surface area contributed by atoms with E-state index < -0.39 is 0 Å². The van der Waals surface area contributed by atoms with Crippen LogP contribution in [-0.2, 0) is 6.42 Å². The highest BCUT2D eigenvalue weighted by molar-refractivity contribution is 6.04. The van der Waals surface area contributed by atoms with Crippen molar-refractivity contribution in [3.05, 3.63) is 53.6 Å². The summed E-state index contributed by atoms with van der Waals surface area (Å²) in [6, 6.07) is 5.32. The van der Waals surface area contributed by atoms with E-state index in [0.717, 1.165) is 12.0 Å². The quantitative estimate of drug-likeness (QED) is 0.851. The van der Waals surface area contributed by atoms with Crippen molar-refractivity contribution < 1.29 is 9.59 Å². The van der Waals surface area contributed by atoms with Crippen molar-refractivity contribution in [2.45, 2.75) is 6.42 Å².